The SMILES string of the molecule is CN1CCN(Cc2cnn(-c3ccc(-c4ccc5c(c4)OCO5)cc3)c2-c2ccco2)CC1. The molecule has 2 aliphatic rings. The highest BCUT2D eigenvalue weighted by Gasteiger charge is 2.21. The Hall–Kier alpha value is -3.55. The van der Waals surface area contributed by atoms with E-state index in [0.717, 1.165) is 72.5 Å². The van der Waals surface area contributed by atoms with Crippen LogP contribution in [0.2, 0.25) is 0 Å². The summed E-state index contributed by atoms with van der Waals surface area (Å²) < 4.78 is 18.7. The lowest BCUT2D eigenvalue weighted by Crippen LogP contribution is -2.43. The van der Waals surface area contributed by atoms with Crippen molar-refractivity contribution in [3.8, 4) is 39.8 Å². The third kappa shape index (κ3) is 3.90. The number of benzene rings is 2. The predicted octanol–water partition coefficient (Wildman–Crippen LogP) is 4.28. The van der Waals surface area contributed by atoms with Crippen LogP contribution in [0.1, 0.15) is 5.56 Å². The zero-order valence-electron chi connectivity index (χ0n) is 18.6. The molecule has 7 heteroatoms. The fraction of sp³-hybridized carbons (Fsp3) is 0.269. The average molecular weight is 443 g/mol. The van der Waals surface area contributed by atoms with Crippen LogP contribution in [-0.2, 0) is 6.54 Å². The van der Waals surface area contributed by atoms with Crippen molar-refractivity contribution in [3.05, 3.63) is 72.6 Å². The van der Waals surface area contributed by atoms with Gasteiger partial charge in [-0.25, -0.2) is 4.68 Å². The first-order valence-corrected chi connectivity index (χ1v) is 11.3. The highest BCUT2D eigenvalue weighted by atomic mass is 16.7. The van der Waals surface area contributed by atoms with Gasteiger partial charge >= 0.3 is 0 Å². The monoisotopic (exact) mass is 442 g/mol. The van der Waals surface area contributed by atoms with Gasteiger partial charge in [-0.05, 0) is 54.6 Å². The van der Waals surface area contributed by atoms with Crippen molar-refractivity contribution in [1.82, 2.24) is 19.6 Å². The van der Waals surface area contributed by atoms with Crippen molar-refractivity contribution in [2.24, 2.45) is 0 Å². The number of furan rings is 1. The molecule has 33 heavy (non-hydrogen) atoms. The molecule has 0 unspecified atom stereocenters. The third-order valence-corrected chi connectivity index (χ3v) is 6.41. The molecule has 1 fully saturated rings. The van der Waals surface area contributed by atoms with Gasteiger partial charge in [0.05, 0.1) is 18.1 Å². The Morgan fingerprint density at radius 3 is 2.45 bits per heavy atom. The van der Waals surface area contributed by atoms with Gasteiger partial charge < -0.3 is 18.8 Å². The second kappa shape index (κ2) is 8.42. The predicted molar refractivity (Wildman–Crippen MR) is 126 cm³/mol. The lowest BCUT2D eigenvalue weighted by atomic mass is 10.0. The van der Waals surface area contributed by atoms with E-state index in [1.54, 1.807) is 6.26 Å². The van der Waals surface area contributed by atoms with E-state index in [1.165, 1.54) is 5.56 Å². The standard InChI is InChI=1S/C26H26N4O3/c1-28-10-12-29(13-11-28)17-21-16-27-30(26(21)24-3-2-14-31-24)22-7-4-19(5-8-22)20-6-9-23-25(15-20)33-18-32-23/h2-9,14-16H,10-13,17-18H2,1H3. The van der Waals surface area contributed by atoms with E-state index in [1.807, 2.05) is 35.1 Å². The van der Waals surface area contributed by atoms with Crippen molar-refractivity contribution in [2.75, 3.05) is 40.0 Å². The van der Waals surface area contributed by atoms with Crippen LogP contribution in [0.25, 0.3) is 28.3 Å². The molecule has 0 aliphatic carbocycles. The summed E-state index contributed by atoms with van der Waals surface area (Å²) in [5.41, 5.74) is 5.38. The molecule has 7 nitrogen and oxygen atoms in total. The van der Waals surface area contributed by atoms with Crippen LogP contribution < -0.4 is 9.47 Å². The molecule has 168 valence electrons. The van der Waals surface area contributed by atoms with Gasteiger partial charge in [0, 0.05) is 38.3 Å². The van der Waals surface area contributed by atoms with E-state index in [-0.39, 0.29) is 6.79 Å². The highest BCUT2D eigenvalue weighted by molar-refractivity contribution is 5.69. The molecule has 0 spiro atoms. The molecule has 1 saturated heterocycles. The first-order valence-electron chi connectivity index (χ1n) is 11.3. The molecule has 0 N–H and O–H groups in total. The Kier molecular flexibility index (Phi) is 5.13. The fourth-order valence-electron chi connectivity index (χ4n) is 4.49. The van der Waals surface area contributed by atoms with Gasteiger partial charge in [0.1, 0.15) is 5.69 Å². The number of likely N-dealkylation sites (N-methyl/N-ethyl adjacent to an activating group) is 1. The van der Waals surface area contributed by atoms with Crippen molar-refractivity contribution in [1.29, 1.82) is 0 Å². The molecule has 2 aromatic carbocycles. The smallest absolute Gasteiger partial charge is 0.231 e. The maximum atomic E-state index is 5.81. The molecule has 0 bridgehead atoms. The Bertz CT molecular complexity index is 1240. The van der Waals surface area contributed by atoms with Crippen LogP contribution in [0, 0.1) is 0 Å². The highest BCUT2D eigenvalue weighted by Crippen LogP contribution is 2.36. The zero-order valence-corrected chi connectivity index (χ0v) is 18.6. The van der Waals surface area contributed by atoms with E-state index < -0.39 is 0 Å². The number of fused-ring (bicyclic) bond motifs is 1. The lowest BCUT2D eigenvalue weighted by Gasteiger charge is -2.32. The number of nitrogens with zero attached hydrogens (tertiary/aromatic N) is 4. The third-order valence-electron chi connectivity index (χ3n) is 6.41. The Morgan fingerprint density at radius 1 is 0.879 bits per heavy atom. The van der Waals surface area contributed by atoms with Gasteiger partial charge in [-0.3, -0.25) is 4.90 Å². The van der Waals surface area contributed by atoms with Crippen LogP contribution in [0.3, 0.4) is 0 Å². The van der Waals surface area contributed by atoms with Crippen LogP contribution >= 0.6 is 0 Å². The minimum atomic E-state index is 0.281. The fourth-order valence-corrected chi connectivity index (χ4v) is 4.49. The van der Waals surface area contributed by atoms with Crippen molar-refractivity contribution >= 4 is 0 Å². The summed E-state index contributed by atoms with van der Waals surface area (Å²) in [5, 5.41) is 4.76. The summed E-state index contributed by atoms with van der Waals surface area (Å²) in [6, 6.07) is 18.4. The molecular formula is C26H26N4O3. The zero-order chi connectivity index (χ0) is 22.2. The molecule has 0 saturated carbocycles. The Balaban J connectivity index is 1.31. The quantitative estimate of drug-likeness (QED) is 0.460. The van der Waals surface area contributed by atoms with Gasteiger partial charge in [0.2, 0.25) is 6.79 Å². The van der Waals surface area contributed by atoms with Crippen molar-refractivity contribution < 1.29 is 13.9 Å². The van der Waals surface area contributed by atoms with E-state index in [4.69, 9.17) is 19.0 Å². The summed E-state index contributed by atoms with van der Waals surface area (Å²) in [5.74, 6) is 2.41. The number of hydrogen-bond donors (Lipinski definition) is 0. The number of aromatic nitrogens is 2. The largest absolute Gasteiger partial charge is 0.463 e. The number of rotatable bonds is 5. The lowest BCUT2D eigenvalue weighted by molar-refractivity contribution is 0.148. The molecule has 4 heterocycles. The van der Waals surface area contributed by atoms with Gasteiger partial charge in [-0.1, -0.05) is 18.2 Å². The first-order chi connectivity index (χ1) is 16.2. The Labute approximate surface area is 192 Å². The van der Waals surface area contributed by atoms with E-state index >= 15 is 0 Å². The molecule has 0 radical (unpaired) electrons. The molecule has 0 amide bonds. The average Bonchev–Trinajstić information content (AvgIpc) is 3.61. The molecule has 2 aromatic heterocycles. The van der Waals surface area contributed by atoms with Gasteiger partial charge in [0.25, 0.3) is 0 Å². The number of hydrogen-bond acceptors (Lipinski definition) is 6. The minimum Gasteiger partial charge on any atom is -0.463 e. The maximum Gasteiger partial charge on any atom is 0.231 e. The van der Waals surface area contributed by atoms with E-state index in [2.05, 4.69) is 47.2 Å². The van der Waals surface area contributed by atoms with Gasteiger partial charge in [0.15, 0.2) is 17.3 Å². The van der Waals surface area contributed by atoms with E-state index in [9.17, 15) is 0 Å². The summed E-state index contributed by atoms with van der Waals surface area (Å²) >= 11 is 0. The second-order valence-electron chi connectivity index (χ2n) is 8.60. The first kappa shape index (κ1) is 20.1. The molecule has 6 rings (SSSR count). The normalized spacial score (nSPS) is 16.4. The Morgan fingerprint density at radius 2 is 1.67 bits per heavy atom. The van der Waals surface area contributed by atoms with E-state index in [0.29, 0.717) is 0 Å². The van der Waals surface area contributed by atoms with Gasteiger partial charge in [-0.2, -0.15) is 5.10 Å². The van der Waals surface area contributed by atoms with Crippen LogP contribution in [0.4, 0.5) is 0 Å². The number of piperazine rings is 1. The second-order valence-corrected chi connectivity index (χ2v) is 8.60. The maximum absolute atomic E-state index is 5.81. The molecular weight excluding hydrogens is 416 g/mol. The van der Waals surface area contributed by atoms with Crippen LogP contribution in [0.5, 0.6) is 11.5 Å². The van der Waals surface area contributed by atoms with Crippen LogP contribution in [-0.4, -0.2) is 59.6 Å². The topological polar surface area (TPSA) is 55.9 Å². The minimum absolute atomic E-state index is 0.281. The number of ether oxygens (including phenoxy) is 2. The van der Waals surface area contributed by atoms with Crippen molar-refractivity contribution in [2.45, 2.75) is 6.54 Å². The summed E-state index contributed by atoms with van der Waals surface area (Å²) in [7, 11) is 2.18. The summed E-state index contributed by atoms with van der Waals surface area (Å²) in [4.78, 5) is 4.85. The molecule has 4 aromatic rings. The van der Waals surface area contributed by atoms with Gasteiger partial charge in [-0.15, -0.1) is 0 Å². The molecule has 2 aliphatic heterocycles. The van der Waals surface area contributed by atoms with Crippen molar-refractivity contribution in [3.63, 3.8) is 0 Å². The summed E-state index contributed by atoms with van der Waals surface area (Å²) in [6.07, 6.45) is 3.69. The van der Waals surface area contributed by atoms with Crippen LogP contribution in [0.15, 0.2) is 71.5 Å². The molecule has 0 atom stereocenters. The summed E-state index contributed by atoms with van der Waals surface area (Å²) in [6.45, 7) is 5.44.